The number of rotatable bonds is 3. The first-order valence-corrected chi connectivity index (χ1v) is 6.01. The minimum absolute atomic E-state index is 0. The zero-order chi connectivity index (χ0) is 12.3. The van der Waals surface area contributed by atoms with Crippen LogP contribution in [0.25, 0.3) is 0 Å². The molecular weight excluding hydrogens is 291 g/mol. The van der Waals surface area contributed by atoms with Crippen LogP contribution in [0.2, 0.25) is 10.0 Å². The van der Waals surface area contributed by atoms with Gasteiger partial charge in [0.25, 0.3) is 0 Å². The average Bonchev–Trinajstić information content (AvgIpc) is 2.31. The maximum atomic E-state index is 5.95. The van der Waals surface area contributed by atoms with Crippen LogP contribution < -0.4 is 5.32 Å². The third-order valence-electron chi connectivity index (χ3n) is 2.37. The number of pyridine rings is 1. The fourth-order valence-electron chi connectivity index (χ4n) is 1.48. The maximum Gasteiger partial charge on any atom is 0.126 e. The minimum Gasteiger partial charge on any atom is -0.366 e. The van der Waals surface area contributed by atoms with Crippen LogP contribution in [0.4, 0.5) is 5.82 Å². The number of halogens is 3. The first-order chi connectivity index (χ1) is 8.15. The van der Waals surface area contributed by atoms with Gasteiger partial charge in [0, 0.05) is 12.7 Å². The molecule has 0 atom stereocenters. The molecule has 0 amide bonds. The van der Waals surface area contributed by atoms with Crippen molar-refractivity contribution < 1.29 is 0 Å². The molecule has 0 radical (unpaired) electrons. The zero-order valence-electron chi connectivity index (χ0n) is 9.78. The van der Waals surface area contributed by atoms with Gasteiger partial charge in [-0.2, -0.15) is 0 Å². The molecule has 0 aliphatic rings. The molecule has 0 bridgehead atoms. The highest BCUT2D eigenvalue weighted by molar-refractivity contribution is 6.42. The van der Waals surface area contributed by atoms with E-state index in [4.69, 9.17) is 23.2 Å². The van der Waals surface area contributed by atoms with Crippen LogP contribution in [0.15, 0.2) is 36.5 Å². The predicted molar refractivity (Wildman–Crippen MR) is 80.0 cm³/mol. The van der Waals surface area contributed by atoms with Gasteiger partial charge in [0.2, 0.25) is 0 Å². The van der Waals surface area contributed by atoms with Gasteiger partial charge >= 0.3 is 0 Å². The number of nitrogens with zero attached hydrogens (tertiary/aromatic N) is 1. The number of nitrogens with one attached hydrogen (secondary N) is 1. The van der Waals surface area contributed by atoms with Crippen molar-refractivity contribution in [2.75, 3.05) is 5.32 Å². The normalized spacial score (nSPS) is 9.72. The third-order valence-corrected chi connectivity index (χ3v) is 3.11. The zero-order valence-corrected chi connectivity index (χ0v) is 12.1. The summed E-state index contributed by atoms with van der Waals surface area (Å²) in [5.74, 6) is 0.857. The van der Waals surface area contributed by atoms with Crippen LogP contribution in [-0.2, 0) is 6.54 Å². The Morgan fingerprint density at radius 2 is 1.89 bits per heavy atom. The SMILES string of the molecule is Cc1ccnc(NCc2ccc(Cl)c(Cl)c2)c1.Cl. The van der Waals surface area contributed by atoms with E-state index in [1.807, 2.05) is 31.2 Å². The number of aryl methyl sites for hydroxylation is 1. The molecule has 1 aromatic heterocycles. The number of anilines is 1. The lowest BCUT2D eigenvalue weighted by Gasteiger charge is -2.07. The van der Waals surface area contributed by atoms with E-state index < -0.39 is 0 Å². The Balaban J connectivity index is 0.00000162. The molecule has 0 fully saturated rings. The van der Waals surface area contributed by atoms with Gasteiger partial charge in [-0.05, 0) is 42.3 Å². The number of hydrogen-bond acceptors (Lipinski definition) is 2. The summed E-state index contributed by atoms with van der Waals surface area (Å²) in [4.78, 5) is 4.22. The van der Waals surface area contributed by atoms with E-state index in [0.717, 1.165) is 11.4 Å². The molecule has 0 aliphatic carbocycles. The van der Waals surface area contributed by atoms with Gasteiger partial charge in [-0.25, -0.2) is 4.98 Å². The van der Waals surface area contributed by atoms with E-state index in [1.54, 1.807) is 12.3 Å². The summed E-state index contributed by atoms with van der Waals surface area (Å²) in [6.07, 6.45) is 1.78. The lowest BCUT2D eigenvalue weighted by molar-refractivity contribution is 1.11. The minimum atomic E-state index is 0. The first kappa shape index (κ1) is 15.1. The highest BCUT2D eigenvalue weighted by atomic mass is 35.5. The lowest BCUT2D eigenvalue weighted by atomic mass is 10.2. The van der Waals surface area contributed by atoms with Crippen molar-refractivity contribution in [2.24, 2.45) is 0 Å². The largest absolute Gasteiger partial charge is 0.366 e. The fraction of sp³-hybridized carbons (Fsp3) is 0.154. The molecule has 0 spiro atoms. The van der Waals surface area contributed by atoms with E-state index in [1.165, 1.54) is 5.56 Å². The lowest BCUT2D eigenvalue weighted by Crippen LogP contribution is -2.01. The quantitative estimate of drug-likeness (QED) is 0.886. The Bertz CT molecular complexity index is 529. The van der Waals surface area contributed by atoms with E-state index >= 15 is 0 Å². The van der Waals surface area contributed by atoms with Gasteiger partial charge < -0.3 is 5.32 Å². The highest BCUT2D eigenvalue weighted by Crippen LogP contribution is 2.22. The Morgan fingerprint density at radius 3 is 2.56 bits per heavy atom. The Morgan fingerprint density at radius 1 is 1.11 bits per heavy atom. The second-order valence-corrected chi connectivity index (χ2v) is 4.63. The van der Waals surface area contributed by atoms with Crippen LogP contribution in [-0.4, -0.2) is 4.98 Å². The first-order valence-electron chi connectivity index (χ1n) is 5.25. The molecule has 96 valence electrons. The summed E-state index contributed by atoms with van der Waals surface area (Å²) < 4.78 is 0. The number of aromatic nitrogens is 1. The van der Waals surface area contributed by atoms with Crippen LogP contribution >= 0.6 is 35.6 Å². The molecule has 2 rings (SSSR count). The summed E-state index contributed by atoms with van der Waals surface area (Å²) in [5, 5.41) is 4.38. The van der Waals surface area contributed by atoms with Crippen molar-refractivity contribution in [3.63, 3.8) is 0 Å². The molecular formula is C13H13Cl3N2. The molecule has 18 heavy (non-hydrogen) atoms. The Kier molecular flexibility index (Phi) is 5.73. The van der Waals surface area contributed by atoms with E-state index in [0.29, 0.717) is 16.6 Å². The summed E-state index contributed by atoms with van der Waals surface area (Å²) in [5.41, 5.74) is 2.25. The smallest absolute Gasteiger partial charge is 0.126 e. The van der Waals surface area contributed by atoms with E-state index in [-0.39, 0.29) is 12.4 Å². The molecule has 0 unspecified atom stereocenters. The molecule has 0 saturated carbocycles. The molecule has 0 aliphatic heterocycles. The van der Waals surface area contributed by atoms with Gasteiger partial charge in [0.05, 0.1) is 10.0 Å². The van der Waals surface area contributed by atoms with Crippen LogP contribution in [0.5, 0.6) is 0 Å². The number of benzene rings is 1. The summed E-state index contributed by atoms with van der Waals surface area (Å²) in [6, 6.07) is 9.55. The molecule has 0 saturated heterocycles. The predicted octanol–water partition coefficient (Wildman–Crippen LogP) is 4.73. The fourth-order valence-corrected chi connectivity index (χ4v) is 1.80. The van der Waals surface area contributed by atoms with Crippen molar-refractivity contribution in [3.05, 3.63) is 57.7 Å². The molecule has 1 aromatic carbocycles. The summed E-state index contributed by atoms with van der Waals surface area (Å²) in [6.45, 7) is 2.71. The van der Waals surface area contributed by atoms with E-state index in [2.05, 4.69) is 10.3 Å². The molecule has 1 N–H and O–H groups in total. The highest BCUT2D eigenvalue weighted by Gasteiger charge is 2.00. The van der Waals surface area contributed by atoms with Crippen LogP contribution in [0.1, 0.15) is 11.1 Å². The van der Waals surface area contributed by atoms with Crippen molar-refractivity contribution in [1.82, 2.24) is 4.98 Å². The van der Waals surface area contributed by atoms with Crippen LogP contribution in [0, 0.1) is 6.92 Å². The van der Waals surface area contributed by atoms with Gasteiger partial charge in [-0.1, -0.05) is 29.3 Å². The second-order valence-electron chi connectivity index (χ2n) is 3.82. The van der Waals surface area contributed by atoms with E-state index in [9.17, 15) is 0 Å². The van der Waals surface area contributed by atoms with Gasteiger partial charge in [0.1, 0.15) is 5.82 Å². The molecule has 1 heterocycles. The van der Waals surface area contributed by atoms with Crippen molar-refractivity contribution in [2.45, 2.75) is 13.5 Å². The summed E-state index contributed by atoms with van der Waals surface area (Å²) >= 11 is 11.8. The summed E-state index contributed by atoms with van der Waals surface area (Å²) in [7, 11) is 0. The van der Waals surface area contributed by atoms with Crippen molar-refractivity contribution >= 4 is 41.4 Å². The van der Waals surface area contributed by atoms with Gasteiger partial charge in [-0.15, -0.1) is 12.4 Å². The average molecular weight is 304 g/mol. The monoisotopic (exact) mass is 302 g/mol. The van der Waals surface area contributed by atoms with Gasteiger partial charge in [0.15, 0.2) is 0 Å². The topological polar surface area (TPSA) is 24.9 Å². The molecule has 5 heteroatoms. The van der Waals surface area contributed by atoms with Crippen LogP contribution in [0.3, 0.4) is 0 Å². The van der Waals surface area contributed by atoms with Crippen molar-refractivity contribution in [1.29, 1.82) is 0 Å². The molecule has 2 aromatic rings. The second kappa shape index (κ2) is 6.83. The third kappa shape index (κ3) is 4.05. The Hall–Kier alpha value is -0.960. The molecule has 2 nitrogen and oxygen atoms in total. The van der Waals surface area contributed by atoms with Crippen molar-refractivity contribution in [3.8, 4) is 0 Å². The number of hydrogen-bond donors (Lipinski definition) is 1. The Labute approximate surface area is 123 Å². The standard InChI is InChI=1S/C13H12Cl2N2.ClH/c1-9-4-5-16-13(6-9)17-8-10-2-3-11(14)12(15)7-10;/h2-7H,8H2,1H3,(H,16,17);1H. The maximum absolute atomic E-state index is 5.95. The van der Waals surface area contributed by atoms with Gasteiger partial charge in [-0.3, -0.25) is 0 Å².